The Morgan fingerprint density at radius 2 is 2.17 bits per heavy atom. The van der Waals surface area contributed by atoms with E-state index in [-0.39, 0.29) is 24.1 Å². The van der Waals surface area contributed by atoms with Gasteiger partial charge < -0.3 is 15.9 Å². The van der Waals surface area contributed by atoms with Crippen LogP contribution in [0.2, 0.25) is 0 Å². The molecule has 0 saturated carbocycles. The molecule has 1 aromatic carbocycles. The van der Waals surface area contributed by atoms with Gasteiger partial charge in [0.2, 0.25) is 0 Å². The van der Waals surface area contributed by atoms with Crippen molar-refractivity contribution >= 4 is 5.69 Å². The third-order valence-electron chi connectivity index (χ3n) is 2.50. The Balaban J connectivity index is 3.16. The summed E-state index contributed by atoms with van der Waals surface area (Å²) in [6.45, 7) is 0.155. The number of nitrogens with two attached hydrogens (primary N) is 1. The zero-order valence-corrected chi connectivity index (χ0v) is 9.48. The Bertz CT molecular complexity index is 484. The molecule has 0 bridgehead atoms. The molecule has 0 heterocycles. The Morgan fingerprint density at radius 1 is 1.50 bits per heavy atom. The van der Waals surface area contributed by atoms with Crippen LogP contribution in [0.5, 0.6) is 0 Å². The molecule has 0 aliphatic heterocycles. The van der Waals surface area contributed by atoms with Gasteiger partial charge in [0.1, 0.15) is 6.10 Å². The molecule has 1 rings (SSSR count). The molecule has 7 heteroatoms. The van der Waals surface area contributed by atoms with Crippen LogP contribution in [0.15, 0.2) is 18.2 Å². The van der Waals surface area contributed by atoms with Gasteiger partial charge in [-0.05, 0) is 25.1 Å². The van der Waals surface area contributed by atoms with E-state index in [0.29, 0.717) is 0 Å². The topological polar surface area (TPSA) is 133 Å². The van der Waals surface area contributed by atoms with Crippen molar-refractivity contribution in [2.45, 2.75) is 18.6 Å². The lowest BCUT2D eigenvalue weighted by Gasteiger charge is -2.17. The summed E-state index contributed by atoms with van der Waals surface area (Å²) < 4.78 is 0. The number of hydrogen-bond donors (Lipinski definition) is 3. The van der Waals surface area contributed by atoms with Crippen LogP contribution < -0.4 is 5.73 Å². The summed E-state index contributed by atoms with van der Waals surface area (Å²) in [6, 6.07) is 5.45. The number of aliphatic hydroxyl groups excluding tert-OH is 2. The highest BCUT2D eigenvalue weighted by Gasteiger charge is 2.26. The van der Waals surface area contributed by atoms with Crippen molar-refractivity contribution in [2.75, 3.05) is 6.54 Å². The lowest BCUT2D eigenvalue weighted by atomic mass is 9.99. The maximum absolute atomic E-state index is 10.9. The van der Waals surface area contributed by atoms with Crippen molar-refractivity contribution in [1.29, 1.82) is 5.26 Å². The molecule has 0 aliphatic rings. The third-order valence-corrected chi connectivity index (χ3v) is 2.50. The van der Waals surface area contributed by atoms with Crippen LogP contribution in [0.1, 0.15) is 23.7 Å². The fourth-order valence-electron chi connectivity index (χ4n) is 1.56. The first-order valence-corrected chi connectivity index (χ1v) is 5.26. The maximum Gasteiger partial charge on any atom is 0.276 e. The average Bonchev–Trinajstić information content (AvgIpc) is 2.37. The summed E-state index contributed by atoms with van der Waals surface area (Å²) in [5.41, 5.74) is 4.94. The first kappa shape index (κ1) is 14.1. The van der Waals surface area contributed by atoms with E-state index in [4.69, 9.17) is 11.0 Å². The number of nitriles is 1. The monoisotopic (exact) mass is 251 g/mol. The number of aliphatic hydroxyl groups is 2. The Morgan fingerprint density at radius 3 is 2.67 bits per heavy atom. The quantitative estimate of drug-likeness (QED) is 0.506. The minimum absolute atomic E-state index is 0.0278. The Labute approximate surface area is 103 Å². The van der Waals surface area contributed by atoms with Gasteiger partial charge in [-0.15, -0.1) is 0 Å². The first-order chi connectivity index (χ1) is 8.51. The van der Waals surface area contributed by atoms with Gasteiger partial charge in [0.05, 0.1) is 28.2 Å². The van der Waals surface area contributed by atoms with Gasteiger partial charge in [0, 0.05) is 6.07 Å². The van der Waals surface area contributed by atoms with Crippen molar-refractivity contribution in [3.05, 3.63) is 39.4 Å². The molecule has 1 aromatic rings. The lowest BCUT2D eigenvalue weighted by Crippen LogP contribution is -2.22. The van der Waals surface area contributed by atoms with Crippen LogP contribution in [0, 0.1) is 21.4 Å². The van der Waals surface area contributed by atoms with E-state index < -0.39 is 22.8 Å². The number of hydrogen-bond acceptors (Lipinski definition) is 6. The predicted molar refractivity (Wildman–Crippen MR) is 62.4 cm³/mol. The summed E-state index contributed by atoms with van der Waals surface area (Å²) >= 11 is 0. The average molecular weight is 251 g/mol. The van der Waals surface area contributed by atoms with Crippen molar-refractivity contribution in [3.63, 3.8) is 0 Å². The SMILES string of the molecule is N#Cc1ccc(C(O)C(O)CCN)c([N+](=O)[O-])c1. The number of nitrogens with zero attached hydrogens (tertiary/aromatic N) is 2. The van der Waals surface area contributed by atoms with Crippen LogP contribution in [-0.2, 0) is 0 Å². The van der Waals surface area contributed by atoms with Crippen molar-refractivity contribution in [2.24, 2.45) is 5.73 Å². The molecule has 0 spiro atoms. The van der Waals surface area contributed by atoms with Crippen LogP contribution >= 0.6 is 0 Å². The molecular weight excluding hydrogens is 238 g/mol. The van der Waals surface area contributed by atoms with E-state index in [1.807, 2.05) is 0 Å². The van der Waals surface area contributed by atoms with E-state index >= 15 is 0 Å². The second-order valence-electron chi connectivity index (χ2n) is 3.73. The molecule has 4 N–H and O–H groups in total. The molecule has 0 fully saturated rings. The van der Waals surface area contributed by atoms with Gasteiger partial charge >= 0.3 is 0 Å². The minimum atomic E-state index is -1.40. The zero-order chi connectivity index (χ0) is 13.7. The van der Waals surface area contributed by atoms with Gasteiger partial charge in [-0.2, -0.15) is 5.26 Å². The Hall–Kier alpha value is -2.01. The largest absolute Gasteiger partial charge is 0.390 e. The smallest absolute Gasteiger partial charge is 0.276 e. The van der Waals surface area contributed by atoms with Crippen molar-refractivity contribution < 1.29 is 15.1 Å². The zero-order valence-electron chi connectivity index (χ0n) is 9.48. The second-order valence-corrected chi connectivity index (χ2v) is 3.73. The molecule has 7 nitrogen and oxygen atoms in total. The van der Waals surface area contributed by atoms with Gasteiger partial charge in [-0.1, -0.05) is 0 Å². The van der Waals surface area contributed by atoms with E-state index in [9.17, 15) is 20.3 Å². The molecule has 0 amide bonds. The summed E-state index contributed by atoms with van der Waals surface area (Å²) in [5, 5.41) is 38.9. The van der Waals surface area contributed by atoms with Crippen LogP contribution in [-0.4, -0.2) is 27.8 Å². The normalized spacial score (nSPS) is 13.7. The van der Waals surface area contributed by atoms with Crippen molar-refractivity contribution in [1.82, 2.24) is 0 Å². The summed E-state index contributed by atoms with van der Waals surface area (Å²) in [6.07, 6.45) is -2.46. The fraction of sp³-hybridized carbons (Fsp3) is 0.364. The molecule has 2 atom stereocenters. The van der Waals surface area contributed by atoms with Crippen molar-refractivity contribution in [3.8, 4) is 6.07 Å². The summed E-state index contributed by atoms with van der Waals surface area (Å²) in [4.78, 5) is 10.2. The van der Waals surface area contributed by atoms with E-state index in [0.717, 1.165) is 6.07 Å². The predicted octanol–water partition coefficient (Wildman–Crippen LogP) is 0.210. The highest BCUT2D eigenvalue weighted by Crippen LogP contribution is 2.29. The van der Waals surface area contributed by atoms with Crippen LogP contribution in [0.3, 0.4) is 0 Å². The molecule has 0 saturated heterocycles. The maximum atomic E-state index is 10.9. The molecule has 0 radical (unpaired) electrons. The number of benzene rings is 1. The Kier molecular flexibility index (Phi) is 4.74. The minimum Gasteiger partial charge on any atom is -0.390 e. The molecule has 18 heavy (non-hydrogen) atoms. The highest BCUT2D eigenvalue weighted by molar-refractivity contribution is 5.48. The van der Waals surface area contributed by atoms with E-state index in [2.05, 4.69) is 0 Å². The fourth-order valence-corrected chi connectivity index (χ4v) is 1.56. The molecule has 0 aromatic heterocycles. The van der Waals surface area contributed by atoms with Crippen LogP contribution in [0.25, 0.3) is 0 Å². The lowest BCUT2D eigenvalue weighted by molar-refractivity contribution is -0.386. The van der Waals surface area contributed by atoms with Crippen LogP contribution in [0.4, 0.5) is 5.69 Å². The second kappa shape index (κ2) is 6.07. The molecule has 2 unspecified atom stereocenters. The molecule has 96 valence electrons. The summed E-state index contributed by atoms with van der Waals surface area (Å²) in [5.74, 6) is 0. The third kappa shape index (κ3) is 3.01. The molecule has 0 aliphatic carbocycles. The van der Waals surface area contributed by atoms with Gasteiger partial charge in [0.25, 0.3) is 5.69 Å². The summed E-state index contributed by atoms with van der Waals surface area (Å²) in [7, 11) is 0. The first-order valence-electron chi connectivity index (χ1n) is 5.26. The highest BCUT2D eigenvalue weighted by atomic mass is 16.6. The number of nitro groups is 1. The van der Waals surface area contributed by atoms with Gasteiger partial charge in [0.15, 0.2) is 0 Å². The van der Waals surface area contributed by atoms with Gasteiger partial charge in [-0.25, -0.2) is 0 Å². The van der Waals surface area contributed by atoms with E-state index in [1.165, 1.54) is 12.1 Å². The van der Waals surface area contributed by atoms with Gasteiger partial charge in [-0.3, -0.25) is 10.1 Å². The number of rotatable bonds is 5. The standard InChI is InChI=1S/C11H13N3O4/c12-4-3-10(15)11(16)8-2-1-7(6-13)5-9(8)14(17)18/h1-2,5,10-11,15-16H,3-4,12H2. The number of nitro benzene ring substituents is 1. The van der Waals surface area contributed by atoms with E-state index in [1.54, 1.807) is 6.07 Å². The molecular formula is C11H13N3O4.